The van der Waals surface area contributed by atoms with Gasteiger partial charge in [0.05, 0.1) is 5.54 Å². The number of carbonyl (C=O) groups excluding carboxylic acids is 1. The van der Waals surface area contributed by atoms with Crippen molar-refractivity contribution >= 4 is 17.7 Å². The van der Waals surface area contributed by atoms with Crippen LogP contribution in [0.3, 0.4) is 0 Å². The number of amides is 1. The molecule has 3 N–H and O–H groups in total. The van der Waals surface area contributed by atoms with Crippen LogP contribution in [0.5, 0.6) is 0 Å². The van der Waals surface area contributed by atoms with E-state index in [1.807, 2.05) is 18.7 Å². The Morgan fingerprint density at radius 2 is 2.06 bits per heavy atom. The molecule has 0 aliphatic heterocycles. The topological polar surface area (TPSA) is 55.1 Å². The molecular weight excluding hydrogens is 220 g/mol. The third-order valence-electron chi connectivity index (χ3n) is 3.97. The van der Waals surface area contributed by atoms with Gasteiger partial charge in [-0.3, -0.25) is 4.79 Å². The van der Waals surface area contributed by atoms with Crippen molar-refractivity contribution in [3.63, 3.8) is 0 Å². The molecule has 4 heteroatoms. The monoisotopic (exact) mass is 242 g/mol. The van der Waals surface area contributed by atoms with Crippen molar-refractivity contribution in [3.8, 4) is 0 Å². The van der Waals surface area contributed by atoms with Gasteiger partial charge in [0, 0.05) is 11.3 Å². The van der Waals surface area contributed by atoms with Gasteiger partial charge in [0.25, 0.3) is 0 Å². The summed E-state index contributed by atoms with van der Waals surface area (Å²) in [6.45, 7) is 1.88. The van der Waals surface area contributed by atoms with Crippen LogP contribution in [0.15, 0.2) is 0 Å². The Kier molecular flexibility index (Phi) is 3.50. The molecular formula is C12H22N2OS. The largest absolute Gasteiger partial charge is 0.352 e. The van der Waals surface area contributed by atoms with Crippen LogP contribution in [0.2, 0.25) is 0 Å². The van der Waals surface area contributed by atoms with Gasteiger partial charge in [-0.2, -0.15) is 11.8 Å². The number of thioether (sulfide) groups is 1. The van der Waals surface area contributed by atoms with Crippen molar-refractivity contribution in [2.24, 2.45) is 11.7 Å². The molecule has 3 atom stereocenters. The number of rotatable bonds is 4. The molecule has 0 radical (unpaired) electrons. The summed E-state index contributed by atoms with van der Waals surface area (Å²) in [6.07, 6.45) is 7.80. The predicted octanol–water partition coefficient (Wildman–Crippen LogP) is 1.51. The predicted molar refractivity (Wildman–Crippen MR) is 68.4 cm³/mol. The molecule has 16 heavy (non-hydrogen) atoms. The number of nitrogens with two attached hydrogens (primary N) is 1. The summed E-state index contributed by atoms with van der Waals surface area (Å²) < 4.78 is 0. The van der Waals surface area contributed by atoms with E-state index in [0.717, 1.165) is 30.9 Å². The van der Waals surface area contributed by atoms with Gasteiger partial charge < -0.3 is 11.1 Å². The molecule has 0 aromatic heterocycles. The zero-order valence-electron chi connectivity index (χ0n) is 10.2. The van der Waals surface area contributed by atoms with Crippen LogP contribution in [0.4, 0.5) is 0 Å². The van der Waals surface area contributed by atoms with Crippen LogP contribution in [0, 0.1) is 5.92 Å². The molecule has 0 heterocycles. The highest BCUT2D eigenvalue weighted by molar-refractivity contribution is 7.99. The number of nitrogens with one attached hydrogen (secondary N) is 1. The average molecular weight is 242 g/mol. The van der Waals surface area contributed by atoms with Gasteiger partial charge in [-0.1, -0.05) is 0 Å². The summed E-state index contributed by atoms with van der Waals surface area (Å²) in [6, 6.07) is 0.353. The van der Waals surface area contributed by atoms with Crippen LogP contribution >= 0.6 is 11.8 Å². The Morgan fingerprint density at radius 3 is 2.56 bits per heavy atom. The van der Waals surface area contributed by atoms with E-state index in [4.69, 9.17) is 5.73 Å². The normalized spacial score (nSPS) is 33.4. The van der Waals surface area contributed by atoms with E-state index >= 15 is 0 Å². The van der Waals surface area contributed by atoms with E-state index < -0.39 is 5.54 Å². The molecule has 2 aliphatic rings. The molecule has 2 rings (SSSR count). The van der Waals surface area contributed by atoms with E-state index in [9.17, 15) is 4.79 Å². The third-order valence-corrected chi connectivity index (χ3v) is 5.06. The lowest BCUT2D eigenvalue weighted by molar-refractivity contribution is -0.127. The molecule has 2 saturated carbocycles. The molecule has 0 spiro atoms. The van der Waals surface area contributed by atoms with Crippen molar-refractivity contribution in [1.82, 2.24) is 5.32 Å². The summed E-state index contributed by atoms with van der Waals surface area (Å²) in [4.78, 5) is 12.1. The lowest BCUT2D eigenvalue weighted by atomic mass is 9.95. The van der Waals surface area contributed by atoms with Crippen LogP contribution in [0.1, 0.15) is 39.0 Å². The standard InChI is InChI=1S/C12H22N2OS/c1-12(13,8-3-4-8)11(15)14-9-5-6-10(7-9)16-2/h8-10H,3-7,13H2,1-2H3,(H,14,15). The van der Waals surface area contributed by atoms with Crippen molar-refractivity contribution in [2.45, 2.75) is 55.9 Å². The van der Waals surface area contributed by atoms with Gasteiger partial charge in [-0.25, -0.2) is 0 Å². The Balaban J connectivity index is 1.83. The van der Waals surface area contributed by atoms with E-state index in [-0.39, 0.29) is 5.91 Å². The van der Waals surface area contributed by atoms with Crippen LogP contribution in [-0.2, 0) is 4.79 Å². The minimum absolute atomic E-state index is 0.0572. The zero-order valence-corrected chi connectivity index (χ0v) is 11.0. The molecule has 2 fully saturated rings. The lowest BCUT2D eigenvalue weighted by Crippen LogP contribution is -2.55. The minimum atomic E-state index is -0.641. The van der Waals surface area contributed by atoms with Gasteiger partial charge in [-0.15, -0.1) is 0 Å². The SMILES string of the molecule is CSC1CCC(NC(=O)C(C)(N)C2CC2)C1. The fourth-order valence-electron chi connectivity index (χ4n) is 2.49. The molecule has 3 unspecified atom stereocenters. The van der Waals surface area contributed by atoms with E-state index in [1.54, 1.807) is 0 Å². The summed E-state index contributed by atoms with van der Waals surface area (Å²) in [5.74, 6) is 0.465. The average Bonchev–Trinajstić information content (AvgIpc) is 3.01. The summed E-state index contributed by atoms with van der Waals surface area (Å²) in [5.41, 5.74) is 5.45. The Labute approximate surface area is 102 Å². The molecule has 2 aliphatic carbocycles. The molecule has 0 aromatic rings. The first-order valence-electron chi connectivity index (χ1n) is 6.16. The minimum Gasteiger partial charge on any atom is -0.352 e. The van der Waals surface area contributed by atoms with Gasteiger partial charge in [-0.05, 0) is 51.2 Å². The zero-order chi connectivity index (χ0) is 11.8. The van der Waals surface area contributed by atoms with Crippen molar-refractivity contribution < 1.29 is 4.79 Å². The van der Waals surface area contributed by atoms with Crippen LogP contribution in [-0.4, -0.2) is 29.0 Å². The summed E-state index contributed by atoms with van der Waals surface area (Å²) >= 11 is 1.91. The molecule has 0 saturated heterocycles. The lowest BCUT2D eigenvalue weighted by Gasteiger charge is -2.25. The maximum Gasteiger partial charge on any atom is 0.240 e. The molecule has 1 amide bonds. The van der Waals surface area contributed by atoms with Gasteiger partial charge in [0.2, 0.25) is 5.91 Å². The third kappa shape index (κ3) is 2.54. The van der Waals surface area contributed by atoms with Crippen molar-refractivity contribution in [3.05, 3.63) is 0 Å². The number of hydrogen-bond donors (Lipinski definition) is 2. The maximum absolute atomic E-state index is 12.1. The van der Waals surface area contributed by atoms with E-state index in [1.165, 1.54) is 6.42 Å². The second-order valence-corrected chi connectivity index (χ2v) is 6.54. The second kappa shape index (κ2) is 4.57. The molecule has 92 valence electrons. The molecule has 0 bridgehead atoms. The van der Waals surface area contributed by atoms with Crippen molar-refractivity contribution in [1.29, 1.82) is 0 Å². The smallest absolute Gasteiger partial charge is 0.240 e. The first-order chi connectivity index (χ1) is 7.54. The van der Waals surface area contributed by atoms with E-state index in [0.29, 0.717) is 12.0 Å². The fourth-order valence-corrected chi connectivity index (χ4v) is 3.29. The Hall–Kier alpha value is -0.220. The maximum atomic E-state index is 12.1. The first kappa shape index (κ1) is 12.2. The summed E-state index contributed by atoms with van der Waals surface area (Å²) in [5, 5.41) is 3.85. The highest BCUT2D eigenvalue weighted by atomic mass is 32.2. The highest BCUT2D eigenvalue weighted by Crippen LogP contribution is 2.38. The van der Waals surface area contributed by atoms with Gasteiger partial charge in [0.15, 0.2) is 0 Å². The highest BCUT2D eigenvalue weighted by Gasteiger charge is 2.44. The Morgan fingerprint density at radius 1 is 1.38 bits per heavy atom. The van der Waals surface area contributed by atoms with Gasteiger partial charge in [0.1, 0.15) is 0 Å². The summed E-state index contributed by atoms with van der Waals surface area (Å²) in [7, 11) is 0. The van der Waals surface area contributed by atoms with Crippen molar-refractivity contribution in [2.75, 3.05) is 6.26 Å². The molecule has 3 nitrogen and oxygen atoms in total. The first-order valence-corrected chi connectivity index (χ1v) is 7.45. The van der Waals surface area contributed by atoms with Gasteiger partial charge >= 0.3 is 0 Å². The number of hydrogen-bond acceptors (Lipinski definition) is 3. The second-order valence-electron chi connectivity index (χ2n) is 5.40. The van der Waals surface area contributed by atoms with Crippen LogP contribution < -0.4 is 11.1 Å². The fraction of sp³-hybridized carbons (Fsp3) is 0.917. The molecule has 0 aromatic carbocycles. The quantitative estimate of drug-likeness (QED) is 0.786. The number of carbonyl (C=O) groups is 1. The van der Waals surface area contributed by atoms with E-state index in [2.05, 4.69) is 11.6 Å². The Bertz CT molecular complexity index is 276. The van der Waals surface area contributed by atoms with Crippen LogP contribution in [0.25, 0.3) is 0 Å².